The van der Waals surface area contributed by atoms with Crippen LogP contribution in [0.15, 0.2) is 47.0 Å². The Kier molecular flexibility index (Phi) is 4.01. The van der Waals surface area contributed by atoms with E-state index in [1.54, 1.807) is 0 Å². The Bertz CT molecular complexity index is 957. The van der Waals surface area contributed by atoms with Crippen molar-refractivity contribution >= 4 is 0 Å². The molecule has 0 radical (unpaired) electrons. The van der Waals surface area contributed by atoms with Crippen molar-refractivity contribution in [3.63, 3.8) is 0 Å². The molecule has 27 heavy (non-hydrogen) atoms. The van der Waals surface area contributed by atoms with E-state index >= 15 is 0 Å². The zero-order chi connectivity index (χ0) is 18.2. The van der Waals surface area contributed by atoms with Crippen LogP contribution >= 0.6 is 0 Å². The fraction of sp³-hybridized carbons (Fsp3) is 0.300. The Morgan fingerprint density at radius 3 is 2.81 bits per heavy atom. The number of hydrogen-bond acceptors (Lipinski definition) is 6. The topological polar surface area (TPSA) is 60.6 Å². The summed E-state index contributed by atoms with van der Waals surface area (Å²) in [7, 11) is 0. The summed E-state index contributed by atoms with van der Waals surface area (Å²) in [4.78, 5) is 6.83. The van der Waals surface area contributed by atoms with Crippen molar-refractivity contribution in [1.82, 2.24) is 15.0 Å². The number of aromatic nitrogens is 2. The van der Waals surface area contributed by atoms with Crippen LogP contribution in [0.4, 0.5) is 4.39 Å². The molecule has 5 rings (SSSR count). The highest BCUT2D eigenvalue weighted by Crippen LogP contribution is 2.36. The average Bonchev–Trinajstić information content (AvgIpc) is 3.42. The highest BCUT2D eigenvalue weighted by Gasteiger charge is 2.27. The van der Waals surface area contributed by atoms with Gasteiger partial charge in [0.05, 0.1) is 6.54 Å². The molecule has 1 saturated heterocycles. The largest absolute Gasteiger partial charge is 0.454 e. The van der Waals surface area contributed by atoms with E-state index in [0.29, 0.717) is 24.0 Å². The summed E-state index contributed by atoms with van der Waals surface area (Å²) in [5.74, 6) is 2.29. The minimum Gasteiger partial charge on any atom is -0.454 e. The molecule has 0 saturated carbocycles. The first-order chi connectivity index (χ1) is 13.3. The van der Waals surface area contributed by atoms with Crippen molar-refractivity contribution in [3.8, 4) is 22.9 Å². The van der Waals surface area contributed by atoms with Gasteiger partial charge < -0.3 is 14.0 Å². The molecule has 0 aliphatic carbocycles. The van der Waals surface area contributed by atoms with Crippen LogP contribution in [0.3, 0.4) is 0 Å². The maximum absolute atomic E-state index is 13.2. The van der Waals surface area contributed by atoms with Crippen LogP contribution in [0.25, 0.3) is 11.4 Å². The lowest BCUT2D eigenvalue weighted by Crippen LogP contribution is -2.22. The molecule has 0 spiro atoms. The van der Waals surface area contributed by atoms with Crippen LogP contribution in [0, 0.1) is 5.82 Å². The van der Waals surface area contributed by atoms with Gasteiger partial charge in [-0.2, -0.15) is 4.98 Å². The van der Waals surface area contributed by atoms with E-state index in [-0.39, 0.29) is 18.7 Å². The fourth-order valence-electron chi connectivity index (χ4n) is 3.72. The molecule has 3 heterocycles. The third kappa shape index (κ3) is 3.14. The van der Waals surface area contributed by atoms with Crippen molar-refractivity contribution in [1.29, 1.82) is 0 Å². The lowest BCUT2D eigenvalue weighted by atomic mass is 10.0. The average molecular weight is 367 g/mol. The number of ether oxygens (including phenoxy) is 2. The lowest BCUT2D eigenvalue weighted by molar-refractivity contribution is 0.174. The molecule has 138 valence electrons. The van der Waals surface area contributed by atoms with Gasteiger partial charge >= 0.3 is 0 Å². The Balaban J connectivity index is 1.33. The predicted octanol–water partition coefficient (Wildman–Crippen LogP) is 3.94. The quantitative estimate of drug-likeness (QED) is 0.696. The van der Waals surface area contributed by atoms with Gasteiger partial charge in [-0.05, 0) is 55.3 Å². The molecule has 0 bridgehead atoms. The number of fused-ring (bicyclic) bond motifs is 1. The highest BCUT2D eigenvalue weighted by atomic mass is 19.1. The van der Waals surface area contributed by atoms with Crippen LogP contribution < -0.4 is 9.47 Å². The van der Waals surface area contributed by atoms with Gasteiger partial charge in [-0.15, -0.1) is 0 Å². The number of halogens is 1. The third-order valence-electron chi connectivity index (χ3n) is 5.06. The van der Waals surface area contributed by atoms with Gasteiger partial charge in [-0.1, -0.05) is 17.3 Å². The monoisotopic (exact) mass is 367 g/mol. The first kappa shape index (κ1) is 16.3. The maximum Gasteiger partial charge on any atom is 0.241 e. The molecular formula is C20H18FN3O3. The lowest BCUT2D eigenvalue weighted by Gasteiger charge is -2.23. The maximum atomic E-state index is 13.2. The summed E-state index contributed by atoms with van der Waals surface area (Å²) in [6.45, 7) is 1.75. The van der Waals surface area contributed by atoms with Crippen LogP contribution in [0.5, 0.6) is 11.5 Å². The second-order valence-electron chi connectivity index (χ2n) is 6.76. The number of likely N-dealkylation sites (tertiary alicyclic amines) is 1. The zero-order valence-electron chi connectivity index (χ0n) is 14.6. The van der Waals surface area contributed by atoms with E-state index in [0.717, 1.165) is 36.3 Å². The molecule has 2 aliphatic rings. The van der Waals surface area contributed by atoms with Crippen molar-refractivity contribution in [2.45, 2.75) is 25.4 Å². The second kappa shape index (κ2) is 6.66. The van der Waals surface area contributed by atoms with E-state index in [9.17, 15) is 4.39 Å². The van der Waals surface area contributed by atoms with Crippen LogP contribution in [-0.4, -0.2) is 28.4 Å². The summed E-state index contributed by atoms with van der Waals surface area (Å²) >= 11 is 0. The molecule has 0 N–H and O–H groups in total. The molecule has 1 unspecified atom stereocenters. The smallest absolute Gasteiger partial charge is 0.241 e. The van der Waals surface area contributed by atoms with E-state index in [4.69, 9.17) is 14.0 Å². The highest BCUT2D eigenvalue weighted by molar-refractivity contribution is 5.61. The van der Waals surface area contributed by atoms with Gasteiger partial charge in [-0.3, -0.25) is 4.90 Å². The Morgan fingerprint density at radius 1 is 1.07 bits per heavy atom. The number of nitrogens with zero attached hydrogens (tertiary/aromatic N) is 3. The first-order valence-electron chi connectivity index (χ1n) is 8.98. The van der Waals surface area contributed by atoms with Gasteiger partial charge in [-0.25, -0.2) is 4.39 Å². The van der Waals surface area contributed by atoms with Gasteiger partial charge in [0.2, 0.25) is 18.5 Å². The Hall–Kier alpha value is -2.93. The fourth-order valence-corrected chi connectivity index (χ4v) is 3.72. The Labute approximate surface area is 155 Å². The van der Waals surface area contributed by atoms with Crippen LogP contribution in [-0.2, 0) is 6.54 Å². The number of hydrogen-bond donors (Lipinski definition) is 0. The van der Waals surface area contributed by atoms with Crippen molar-refractivity contribution < 1.29 is 18.4 Å². The van der Waals surface area contributed by atoms with Crippen LogP contribution in [0.1, 0.15) is 30.3 Å². The molecule has 6 nitrogen and oxygen atoms in total. The molecule has 1 aromatic heterocycles. The van der Waals surface area contributed by atoms with Gasteiger partial charge in [0.15, 0.2) is 11.5 Å². The minimum absolute atomic E-state index is 0.214. The SMILES string of the molecule is Fc1ccc(C2CCCN2Cc2nc(-c3ccc4c(c3)OCO4)no2)cc1. The summed E-state index contributed by atoms with van der Waals surface area (Å²) in [6, 6.07) is 12.6. The van der Waals surface area contributed by atoms with E-state index in [1.807, 2.05) is 30.3 Å². The molecule has 7 heteroatoms. The van der Waals surface area contributed by atoms with Crippen molar-refractivity contribution in [2.75, 3.05) is 13.3 Å². The third-order valence-corrected chi connectivity index (χ3v) is 5.06. The molecule has 1 fully saturated rings. The molecule has 0 amide bonds. The molecule has 2 aliphatic heterocycles. The van der Waals surface area contributed by atoms with E-state index < -0.39 is 0 Å². The summed E-state index contributed by atoms with van der Waals surface area (Å²) in [5, 5.41) is 4.10. The Morgan fingerprint density at radius 2 is 1.93 bits per heavy atom. The van der Waals surface area contributed by atoms with Crippen molar-refractivity contribution in [3.05, 3.63) is 59.7 Å². The van der Waals surface area contributed by atoms with E-state index in [2.05, 4.69) is 15.0 Å². The summed E-state index contributed by atoms with van der Waals surface area (Å²) in [6.07, 6.45) is 2.12. The summed E-state index contributed by atoms with van der Waals surface area (Å²) in [5.41, 5.74) is 1.94. The molecule has 3 aromatic rings. The standard InChI is InChI=1S/C20H18FN3O3/c21-15-6-3-13(4-7-15)16-2-1-9-24(16)11-19-22-20(23-27-19)14-5-8-17-18(10-14)26-12-25-17/h3-8,10,16H,1-2,9,11-12H2. The second-order valence-corrected chi connectivity index (χ2v) is 6.76. The first-order valence-corrected chi connectivity index (χ1v) is 8.98. The predicted molar refractivity (Wildman–Crippen MR) is 94.6 cm³/mol. The molecule has 2 aromatic carbocycles. The molecular weight excluding hydrogens is 349 g/mol. The summed E-state index contributed by atoms with van der Waals surface area (Å²) < 4.78 is 29.4. The van der Waals surface area contributed by atoms with Gasteiger partial charge in [0.25, 0.3) is 0 Å². The number of benzene rings is 2. The molecule has 1 atom stereocenters. The zero-order valence-corrected chi connectivity index (χ0v) is 14.6. The van der Waals surface area contributed by atoms with E-state index in [1.165, 1.54) is 12.1 Å². The normalized spacial score (nSPS) is 18.9. The van der Waals surface area contributed by atoms with Crippen molar-refractivity contribution in [2.24, 2.45) is 0 Å². The minimum atomic E-state index is -0.214. The van der Waals surface area contributed by atoms with Gasteiger partial charge in [0, 0.05) is 11.6 Å². The number of rotatable bonds is 4. The van der Waals surface area contributed by atoms with Crippen LogP contribution in [0.2, 0.25) is 0 Å². The van der Waals surface area contributed by atoms with Gasteiger partial charge in [0.1, 0.15) is 5.82 Å².